The van der Waals surface area contributed by atoms with Gasteiger partial charge in [0, 0.05) is 11.3 Å². The van der Waals surface area contributed by atoms with Crippen LogP contribution < -0.4 is 15.7 Å². The van der Waals surface area contributed by atoms with Crippen LogP contribution in [0.5, 0.6) is 5.75 Å². The second-order valence-electron chi connectivity index (χ2n) is 6.41. The van der Waals surface area contributed by atoms with Crippen LogP contribution in [0.2, 0.25) is 0 Å². The number of ether oxygens (including phenoxy) is 1. The first kappa shape index (κ1) is 18.4. The van der Waals surface area contributed by atoms with Crippen LogP contribution in [0.4, 0.5) is 5.69 Å². The van der Waals surface area contributed by atoms with E-state index in [4.69, 9.17) is 4.74 Å². The average molecular weight is 363 g/mol. The molecule has 3 aromatic rings. The zero-order valence-corrected chi connectivity index (χ0v) is 15.4. The van der Waals surface area contributed by atoms with E-state index < -0.39 is 11.6 Å². The quantitative estimate of drug-likeness (QED) is 0.722. The van der Waals surface area contributed by atoms with Crippen molar-refractivity contribution in [3.63, 3.8) is 0 Å². The number of carbonyl (C=O) groups is 1. The Kier molecular flexibility index (Phi) is 5.35. The molecule has 0 atom stereocenters. The molecule has 1 amide bonds. The average Bonchev–Trinajstić information content (AvgIpc) is 2.67. The largest absolute Gasteiger partial charge is 0.497 e. The molecular weight excluding hydrogens is 342 g/mol. The highest BCUT2D eigenvalue weighted by molar-refractivity contribution is 6.03. The van der Waals surface area contributed by atoms with Crippen LogP contribution in [0.3, 0.4) is 0 Å². The molecule has 27 heavy (non-hydrogen) atoms. The number of hydrogen-bond donors (Lipinski definition) is 2. The van der Waals surface area contributed by atoms with Gasteiger partial charge < -0.3 is 15.0 Å². The van der Waals surface area contributed by atoms with Gasteiger partial charge >= 0.3 is 5.69 Å². The molecule has 0 saturated heterocycles. The molecule has 0 aliphatic rings. The first-order valence-electron chi connectivity index (χ1n) is 8.64. The van der Waals surface area contributed by atoms with Crippen LogP contribution in [-0.2, 0) is 0 Å². The topological polar surface area (TPSA) is 84.1 Å². The Labute approximate surface area is 157 Å². The van der Waals surface area contributed by atoms with E-state index in [-0.39, 0.29) is 11.6 Å². The number of anilines is 1. The van der Waals surface area contributed by atoms with E-state index in [0.717, 1.165) is 16.8 Å². The Balaban J connectivity index is 1.92. The summed E-state index contributed by atoms with van der Waals surface area (Å²) in [7, 11) is 1.58. The smallest absolute Gasteiger partial charge is 0.346 e. The molecule has 0 radical (unpaired) electrons. The minimum absolute atomic E-state index is 0.152. The maximum absolute atomic E-state index is 12.7. The van der Waals surface area contributed by atoms with Gasteiger partial charge in [0.25, 0.3) is 5.91 Å². The van der Waals surface area contributed by atoms with E-state index in [1.807, 2.05) is 24.3 Å². The van der Waals surface area contributed by atoms with Crippen molar-refractivity contribution in [2.45, 2.75) is 19.8 Å². The van der Waals surface area contributed by atoms with Crippen LogP contribution in [0.15, 0.2) is 59.4 Å². The zero-order valence-electron chi connectivity index (χ0n) is 15.4. The molecule has 1 heterocycles. The summed E-state index contributed by atoms with van der Waals surface area (Å²) in [4.78, 5) is 31.1. The number of hydrogen-bond acceptors (Lipinski definition) is 4. The summed E-state index contributed by atoms with van der Waals surface area (Å²) in [5.41, 5.74) is 2.46. The minimum atomic E-state index is -0.578. The Hall–Kier alpha value is -3.41. The number of benzene rings is 2. The molecule has 6 heteroatoms. The van der Waals surface area contributed by atoms with Crippen LogP contribution in [0.25, 0.3) is 11.3 Å². The number of nitrogens with one attached hydrogen (secondary N) is 2. The molecule has 2 N–H and O–H groups in total. The number of rotatable bonds is 5. The highest BCUT2D eigenvalue weighted by atomic mass is 16.5. The monoisotopic (exact) mass is 363 g/mol. The third-order valence-corrected chi connectivity index (χ3v) is 4.21. The fourth-order valence-electron chi connectivity index (χ4n) is 2.79. The van der Waals surface area contributed by atoms with Crippen LogP contribution >= 0.6 is 0 Å². The van der Waals surface area contributed by atoms with Gasteiger partial charge in [0.2, 0.25) is 0 Å². The summed E-state index contributed by atoms with van der Waals surface area (Å²) in [5, 5.41) is 2.88. The van der Waals surface area contributed by atoms with Gasteiger partial charge in [-0.05, 0) is 47.9 Å². The van der Waals surface area contributed by atoms with Crippen molar-refractivity contribution < 1.29 is 9.53 Å². The molecular formula is C21H21N3O3. The van der Waals surface area contributed by atoms with Gasteiger partial charge in [0.1, 0.15) is 11.4 Å². The lowest BCUT2D eigenvalue weighted by Crippen LogP contribution is -2.21. The predicted octanol–water partition coefficient (Wildman–Crippen LogP) is 3.82. The van der Waals surface area contributed by atoms with Gasteiger partial charge in [-0.1, -0.05) is 32.0 Å². The van der Waals surface area contributed by atoms with E-state index in [2.05, 4.69) is 29.1 Å². The first-order valence-corrected chi connectivity index (χ1v) is 8.64. The Bertz CT molecular complexity index is 1010. The molecule has 1 aromatic heterocycles. The summed E-state index contributed by atoms with van der Waals surface area (Å²) >= 11 is 0. The molecule has 0 fully saturated rings. The van der Waals surface area contributed by atoms with Gasteiger partial charge in [0.15, 0.2) is 0 Å². The van der Waals surface area contributed by atoms with E-state index in [1.54, 1.807) is 37.4 Å². The summed E-state index contributed by atoms with van der Waals surface area (Å²) in [6.07, 6.45) is 0. The fourth-order valence-corrected chi connectivity index (χ4v) is 2.79. The van der Waals surface area contributed by atoms with Crippen molar-refractivity contribution in [1.82, 2.24) is 9.97 Å². The number of aromatic amines is 1. The number of para-hydroxylation sites is 1. The summed E-state index contributed by atoms with van der Waals surface area (Å²) < 4.78 is 5.14. The lowest BCUT2D eigenvalue weighted by Gasteiger charge is -2.13. The maximum atomic E-state index is 12.7. The van der Waals surface area contributed by atoms with Crippen molar-refractivity contribution in [2.24, 2.45) is 0 Å². The third kappa shape index (κ3) is 4.23. The SMILES string of the molecule is COc1ccc(-c2cc(C(=O)Nc3ccccc3C(C)C)[nH]c(=O)n2)cc1. The highest BCUT2D eigenvalue weighted by Crippen LogP contribution is 2.24. The molecule has 3 rings (SSSR count). The van der Waals surface area contributed by atoms with Crippen LogP contribution in [0.1, 0.15) is 35.8 Å². The molecule has 138 valence electrons. The van der Waals surface area contributed by atoms with Gasteiger partial charge in [0.05, 0.1) is 12.8 Å². The van der Waals surface area contributed by atoms with E-state index in [9.17, 15) is 9.59 Å². The summed E-state index contributed by atoms with van der Waals surface area (Å²) in [5.74, 6) is 0.567. The fraction of sp³-hybridized carbons (Fsp3) is 0.190. The number of carbonyl (C=O) groups excluding carboxylic acids is 1. The van der Waals surface area contributed by atoms with Gasteiger partial charge in [-0.3, -0.25) is 4.79 Å². The number of H-pyrrole nitrogens is 1. The van der Waals surface area contributed by atoms with Crippen molar-refractivity contribution in [1.29, 1.82) is 0 Å². The molecule has 0 bridgehead atoms. The first-order chi connectivity index (χ1) is 13.0. The van der Waals surface area contributed by atoms with Gasteiger partial charge in [-0.25, -0.2) is 4.79 Å². The van der Waals surface area contributed by atoms with E-state index >= 15 is 0 Å². The number of methoxy groups -OCH3 is 1. The maximum Gasteiger partial charge on any atom is 0.346 e. The minimum Gasteiger partial charge on any atom is -0.497 e. The van der Waals surface area contributed by atoms with Crippen LogP contribution in [-0.4, -0.2) is 23.0 Å². The van der Waals surface area contributed by atoms with Crippen LogP contribution in [0, 0.1) is 0 Å². The second-order valence-corrected chi connectivity index (χ2v) is 6.41. The molecule has 0 aliphatic carbocycles. The summed E-state index contributed by atoms with van der Waals surface area (Å²) in [6, 6.07) is 16.3. The van der Waals surface area contributed by atoms with E-state index in [1.165, 1.54) is 0 Å². The normalized spacial score (nSPS) is 10.7. The third-order valence-electron chi connectivity index (χ3n) is 4.21. The molecule has 2 aromatic carbocycles. The van der Waals surface area contributed by atoms with Crippen molar-refractivity contribution in [2.75, 3.05) is 12.4 Å². The highest BCUT2D eigenvalue weighted by Gasteiger charge is 2.14. The Morgan fingerprint density at radius 2 is 1.81 bits per heavy atom. The van der Waals surface area contributed by atoms with E-state index in [0.29, 0.717) is 11.4 Å². The molecule has 6 nitrogen and oxygen atoms in total. The van der Waals surface area contributed by atoms with Gasteiger partial charge in [-0.15, -0.1) is 0 Å². The standard InChI is InChI=1S/C21H21N3O3/c1-13(2)16-6-4-5-7-17(16)22-20(25)19-12-18(23-21(26)24-19)14-8-10-15(27-3)11-9-14/h4-13H,1-3H3,(H,22,25)(H,23,24,26). The molecule has 0 saturated carbocycles. The Morgan fingerprint density at radius 1 is 1.11 bits per heavy atom. The predicted molar refractivity (Wildman–Crippen MR) is 105 cm³/mol. The lowest BCUT2D eigenvalue weighted by molar-refractivity contribution is 0.102. The summed E-state index contributed by atoms with van der Waals surface area (Å²) in [6.45, 7) is 4.11. The van der Waals surface area contributed by atoms with Crippen molar-refractivity contribution in [3.8, 4) is 17.0 Å². The zero-order chi connectivity index (χ0) is 19.4. The van der Waals surface area contributed by atoms with Crippen molar-refractivity contribution in [3.05, 3.63) is 76.3 Å². The molecule has 0 unspecified atom stereocenters. The Morgan fingerprint density at radius 3 is 2.48 bits per heavy atom. The van der Waals surface area contributed by atoms with Crippen molar-refractivity contribution >= 4 is 11.6 Å². The number of aromatic nitrogens is 2. The van der Waals surface area contributed by atoms with Gasteiger partial charge in [-0.2, -0.15) is 4.98 Å². The molecule has 0 aliphatic heterocycles. The lowest BCUT2D eigenvalue weighted by atomic mass is 10.0. The number of amides is 1. The molecule has 0 spiro atoms. The number of nitrogens with zero attached hydrogens (tertiary/aromatic N) is 1. The second kappa shape index (κ2) is 7.86.